The average Bonchev–Trinajstić information content (AvgIpc) is 2.68. The molecule has 29 heavy (non-hydrogen) atoms. The predicted molar refractivity (Wildman–Crippen MR) is 78.3 cm³/mol. The van der Waals surface area contributed by atoms with Crippen LogP contribution in [0.15, 0.2) is 77.6 Å². The minimum Gasteiger partial charge on any atom is -0.251 e. The fourth-order valence-corrected chi connectivity index (χ4v) is 1.82. The van der Waals surface area contributed by atoms with E-state index in [1.165, 1.54) is 0 Å². The summed E-state index contributed by atoms with van der Waals surface area (Å²) in [4.78, 5) is 2.97. The monoisotopic (exact) mass is 440 g/mol. The number of halogens is 12. The highest BCUT2D eigenvalue weighted by atomic mass is 19.3. The molecule has 158 valence electrons. The number of nitrogens with zero attached hydrogens (tertiary/aromatic N) is 2. The zero-order valence-electron chi connectivity index (χ0n) is 13.4. The lowest BCUT2D eigenvalue weighted by Gasteiger charge is -2.32. The van der Waals surface area contributed by atoms with Gasteiger partial charge in [0.1, 0.15) is 0 Å². The Balaban J connectivity index is 0.000000807. The molecule has 0 amide bonds. The van der Waals surface area contributed by atoms with Crippen LogP contribution in [0.25, 0.3) is 4.98 Å². The predicted octanol–water partition coefficient (Wildman–Crippen LogP) is 8.07. The first-order valence-corrected chi connectivity index (χ1v) is 6.76. The summed E-state index contributed by atoms with van der Waals surface area (Å²) < 4.78 is 148. The molecule has 0 bridgehead atoms. The maximum Gasteiger partial charge on any atom is 0.385 e. The van der Waals surface area contributed by atoms with Crippen molar-refractivity contribution >= 4 is 11.8 Å². The zero-order valence-corrected chi connectivity index (χ0v) is 13.4. The third-order valence-electron chi connectivity index (χ3n) is 3.11. The third kappa shape index (κ3) is 5.90. The topological polar surface area (TPSA) is 28.1 Å². The maximum absolute atomic E-state index is 13.0. The van der Waals surface area contributed by atoms with Crippen LogP contribution in [0, 0.1) is 5.39 Å². The Kier molecular flexibility index (Phi) is 9.78. The van der Waals surface area contributed by atoms with E-state index in [9.17, 15) is 52.7 Å². The lowest BCUT2D eigenvalue weighted by Crippen LogP contribution is -2.42. The van der Waals surface area contributed by atoms with E-state index in [1.807, 2.05) is 18.2 Å². The highest BCUT2D eigenvalue weighted by molar-refractivity contribution is 7.02. The lowest BCUT2D eigenvalue weighted by atomic mass is 9.21. The van der Waals surface area contributed by atoms with Gasteiger partial charge >= 0.3 is 5.69 Å². The van der Waals surface area contributed by atoms with Crippen LogP contribution in [0.4, 0.5) is 58.4 Å². The molecule has 1 aromatic rings. The molecule has 0 fully saturated rings. The molecule has 0 spiro atoms. The van der Waals surface area contributed by atoms with E-state index in [0.717, 1.165) is 0 Å². The molecule has 0 N–H and O–H groups in total. The fraction of sp³-hybridized carbons (Fsp3) is 0. The Hall–Kier alpha value is -3.18. The Morgan fingerprint density at radius 3 is 1.00 bits per heavy atom. The molecule has 0 unspecified atom stereocenters. The quantitative estimate of drug-likeness (QED) is 0.265. The first kappa shape index (κ1) is 25.8. The van der Waals surface area contributed by atoms with Crippen molar-refractivity contribution in [3.05, 3.63) is 82.5 Å². The van der Waals surface area contributed by atoms with Gasteiger partial charge in [-0.2, -0.15) is 35.1 Å². The van der Waals surface area contributed by atoms with Gasteiger partial charge in [-0.1, -0.05) is 18.2 Å². The summed E-state index contributed by atoms with van der Waals surface area (Å²) in [5.41, 5.74) is -14.9. The minimum absolute atomic E-state index is 0.590. The molecular weight excluding hydrogens is 435 g/mol. The van der Waals surface area contributed by atoms with Gasteiger partial charge in [0.05, 0.1) is 0 Å². The van der Waals surface area contributed by atoms with Gasteiger partial charge in [-0.15, -0.1) is 0 Å². The van der Waals surface area contributed by atoms with Crippen LogP contribution in [0.3, 0.4) is 0 Å². The number of diazo groups is 1. The van der Waals surface area contributed by atoms with Crippen LogP contribution >= 0.6 is 0 Å². The molecule has 0 atom stereocenters. The van der Waals surface area contributed by atoms with Gasteiger partial charge in [-0.05, 0) is 0 Å². The van der Waals surface area contributed by atoms with Gasteiger partial charge in [0.25, 0.3) is 30.5 Å². The second-order valence-electron chi connectivity index (χ2n) is 4.73. The summed E-state index contributed by atoms with van der Waals surface area (Å²) in [7, 11) is 0. The van der Waals surface area contributed by atoms with Crippen molar-refractivity contribution in [1.29, 1.82) is 5.39 Å². The van der Waals surface area contributed by atoms with Crippen molar-refractivity contribution in [3.8, 4) is 0 Å². The molecule has 1 rings (SSSR count). The first-order chi connectivity index (χ1) is 13.3. The van der Waals surface area contributed by atoms with Gasteiger partial charge in [0.15, 0.2) is 4.98 Å². The van der Waals surface area contributed by atoms with Crippen LogP contribution in [0.5, 0.6) is 0 Å². The van der Waals surface area contributed by atoms with Crippen molar-refractivity contribution in [3.63, 3.8) is 0 Å². The van der Waals surface area contributed by atoms with E-state index in [-0.39, 0.29) is 0 Å². The molecular formula is C14H5BF12N2. The highest BCUT2D eigenvalue weighted by Crippen LogP contribution is 2.46. The van der Waals surface area contributed by atoms with Gasteiger partial charge in [-0.25, -0.2) is 0 Å². The number of benzene rings is 1. The Morgan fingerprint density at radius 1 is 0.552 bits per heavy atom. The molecule has 15 heteroatoms. The molecule has 0 saturated heterocycles. The molecule has 0 aromatic heterocycles. The summed E-state index contributed by atoms with van der Waals surface area (Å²) in [6, 6.07) is 8.94. The molecule has 0 saturated carbocycles. The van der Waals surface area contributed by atoms with Crippen molar-refractivity contribution < 1.29 is 52.7 Å². The smallest absolute Gasteiger partial charge is 0.251 e. The van der Waals surface area contributed by atoms with Gasteiger partial charge in [0.2, 0.25) is 5.39 Å². The lowest BCUT2D eigenvalue weighted by molar-refractivity contribution is 0.364. The highest BCUT2D eigenvalue weighted by Gasteiger charge is 2.51. The number of hydrogen-bond acceptors (Lipinski definition) is 1. The largest absolute Gasteiger partial charge is 0.385 e. The van der Waals surface area contributed by atoms with Crippen molar-refractivity contribution in [1.82, 2.24) is 0 Å². The van der Waals surface area contributed by atoms with E-state index in [1.54, 1.807) is 12.1 Å². The SMILES string of the molecule is FC(F)=C(F)[B-](C(F)=C(F)F)(C(F)=C(F)F)C(F)=C(F)F.N#[N+]c1ccccc1. The summed E-state index contributed by atoms with van der Waals surface area (Å²) in [6.07, 6.45) is -22.4. The van der Waals surface area contributed by atoms with Crippen molar-refractivity contribution in [2.75, 3.05) is 0 Å². The molecule has 0 heterocycles. The summed E-state index contributed by atoms with van der Waals surface area (Å²) in [5, 5.41) is 8.16. The molecule has 0 aliphatic heterocycles. The molecule has 1 aromatic carbocycles. The van der Waals surface area contributed by atoms with E-state index in [4.69, 9.17) is 5.39 Å². The normalized spacial score (nSPS) is 10.0. The summed E-state index contributed by atoms with van der Waals surface area (Å²) in [5.74, 6) is 0. The number of rotatable bonds is 4. The Bertz CT molecular complexity index is 783. The molecule has 0 aliphatic carbocycles. The third-order valence-corrected chi connectivity index (χ3v) is 3.11. The van der Waals surface area contributed by atoms with E-state index in [2.05, 4.69) is 4.98 Å². The summed E-state index contributed by atoms with van der Waals surface area (Å²) in [6.45, 7) is 0. The molecule has 0 radical (unpaired) electrons. The average molecular weight is 440 g/mol. The van der Waals surface area contributed by atoms with Gasteiger partial charge in [-0.3, -0.25) is 17.6 Å². The van der Waals surface area contributed by atoms with Crippen molar-refractivity contribution in [2.24, 2.45) is 0 Å². The van der Waals surface area contributed by atoms with E-state index >= 15 is 0 Å². The van der Waals surface area contributed by atoms with Crippen LogP contribution in [0.1, 0.15) is 0 Å². The standard InChI is InChI=1S/C8BF12.C6H5N2/c10-1(5(14)15)9(2(11)6(16)17,3(12)7(18)19)4(13)8(20)21;7-8-6-4-2-1-3-5-6/h;1-5H/q-1;+1. The van der Waals surface area contributed by atoms with E-state index in [0.29, 0.717) is 5.69 Å². The second-order valence-corrected chi connectivity index (χ2v) is 4.73. The first-order valence-electron chi connectivity index (χ1n) is 6.76. The van der Waals surface area contributed by atoms with Crippen LogP contribution < -0.4 is 0 Å². The van der Waals surface area contributed by atoms with Crippen LogP contribution in [0.2, 0.25) is 0 Å². The second kappa shape index (κ2) is 11.0. The molecule has 0 aliphatic rings. The van der Waals surface area contributed by atoms with Crippen molar-refractivity contribution in [2.45, 2.75) is 0 Å². The Morgan fingerprint density at radius 2 is 0.828 bits per heavy atom. The van der Waals surface area contributed by atoms with Crippen LogP contribution in [-0.4, -0.2) is 6.15 Å². The zero-order chi connectivity index (χ0) is 22.9. The summed E-state index contributed by atoms with van der Waals surface area (Å²) >= 11 is 0. The molecule has 2 nitrogen and oxygen atoms in total. The van der Waals surface area contributed by atoms with Gasteiger partial charge < -0.3 is 0 Å². The fourth-order valence-electron chi connectivity index (χ4n) is 1.82. The van der Waals surface area contributed by atoms with E-state index < -0.39 is 53.4 Å². The van der Waals surface area contributed by atoms with Gasteiger partial charge in [0, 0.05) is 35.0 Å². The maximum atomic E-state index is 13.0. The number of hydrogen-bond donors (Lipinski definition) is 0. The minimum atomic E-state index is -6.57. The Labute approximate surface area is 153 Å². The van der Waals surface area contributed by atoms with Crippen LogP contribution in [-0.2, 0) is 0 Å².